The van der Waals surface area contributed by atoms with Crippen LogP contribution in [-0.4, -0.2) is 11.1 Å². The van der Waals surface area contributed by atoms with Crippen LogP contribution in [0.3, 0.4) is 0 Å². The third kappa shape index (κ3) is 2.37. The monoisotopic (exact) mass is 244 g/mol. The highest BCUT2D eigenvalue weighted by atomic mass is 19.4. The summed E-state index contributed by atoms with van der Waals surface area (Å²) in [7, 11) is 0. The van der Waals surface area contributed by atoms with E-state index in [0.717, 1.165) is 6.07 Å². The molecule has 0 aliphatic heterocycles. The molecule has 0 saturated carbocycles. The van der Waals surface area contributed by atoms with E-state index in [1.54, 1.807) is 0 Å². The van der Waals surface area contributed by atoms with Crippen LogP contribution in [0.25, 0.3) is 0 Å². The minimum absolute atomic E-state index is 0.0120. The number of aromatic carboxylic acids is 1. The van der Waals surface area contributed by atoms with Gasteiger partial charge in [0.25, 0.3) is 0 Å². The summed E-state index contributed by atoms with van der Waals surface area (Å²) in [4.78, 5) is 10.9. The van der Waals surface area contributed by atoms with Gasteiger partial charge in [-0.2, -0.15) is 18.4 Å². The molecule has 4 nitrogen and oxygen atoms in total. The number of benzene rings is 1. The van der Waals surface area contributed by atoms with Gasteiger partial charge in [0.05, 0.1) is 16.7 Å². The van der Waals surface area contributed by atoms with Crippen LogP contribution in [0.5, 0.6) is 0 Å². The van der Waals surface area contributed by atoms with Crippen molar-refractivity contribution in [2.24, 2.45) is 5.73 Å². The summed E-state index contributed by atoms with van der Waals surface area (Å²) in [6.07, 6.45) is -4.78. The number of alkyl halides is 3. The van der Waals surface area contributed by atoms with Crippen LogP contribution in [0.15, 0.2) is 12.1 Å². The van der Waals surface area contributed by atoms with Crippen LogP contribution in [0.4, 0.5) is 13.2 Å². The maximum absolute atomic E-state index is 12.5. The number of halogens is 3. The Kier molecular flexibility index (Phi) is 3.39. The lowest BCUT2D eigenvalue weighted by Gasteiger charge is -2.12. The molecule has 0 radical (unpaired) electrons. The average molecular weight is 244 g/mol. The van der Waals surface area contributed by atoms with Gasteiger partial charge in [-0.15, -0.1) is 0 Å². The minimum Gasteiger partial charge on any atom is -0.478 e. The molecule has 0 bridgehead atoms. The molecule has 0 saturated heterocycles. The average Bonchev–Trinajstić information content (AvgIpc) is 2.25. The Morgan fingerprint density at radius 3 is 2.41 bits per heavy atom. The molecule has 0 amide bonds. The zero-order valence-electron chi connectivity index (χ0n) is 8.38. The maximum atomic E-state index is 12.5. The van der Waals surface area contributed by atoms with Crippen LogP contribution < -0.4 is 5.73 Å². The van der Waals surface area contributed by atoms with Gasteiger partial charge in [-0.05, 0) is 11.6 Å². The molecule has 17 heavy (non-hydrogen) atoms. The predicted molar refractivity (Wildman–Crippen MR) is 51.0 cm³/mol. The Morgan fingerprint density at radius 2 is 2.06 bits per heavy atom. The van der Waals surface area contributed by atoms with E-state index in [4.69, 9.17) is 16.1 Å². The second-order valence-electron chi connectivity index (χ2n) is 3.14. The Bertz CT molecular complexity index is 503. The van der Waals surface area contributed by atoms with Crippen LogP contribution in [0, 0.1) is 11.3 Å². The number of carboxylic acids is 1. The van der Waals surface area contributed by atoms with Gasteiger partial charge in [0.1, 0.15) is 6.07 Å². The van der Waals surface area contributed by atoms with Gasteiger partial charge < -0.3 is 10.8 Å². The molecule has 0 unspecified atom stereocenters. The smallest absolute Gasteiger partial charge is 0.417 e. The molecule has 1 rings (SSSR count). The third-order valence-corrected chi connectivity index (χ3v) is 2.14. The molecule has 7 heteroatoms. The fraction of sp³-hybridized carbons (Fsp3) is 0.200. The number of carboxylic acid groups (broad SMARTS) is 1. The summed E-state index contributed by atoms with van der Waals surface area (Å²) in [5.41, 5.74) is 2.34. The molecule has 1 aromatic rings. The molecule has 0 atom stereocenters. The zero-order chi connectivity index (χ0) is 13.2. The van der Waals surface area contributed by atoms with E-state index in [9.17, 15) is 18.0 Å². The number of hydrogen-bond donors (Lipinski definition) is 2. The van der Waals surface area contributed by atoms with Crippen molar-refractivity contribution in [3.05, 3.63) is 34.4 Å². The highest BCUT2D eigenvalue weighted by Crippen LogP contribution is 2.34. The summed E-state index contributed by atoms with van der Waals surface area (Å²) in [6, 6.07) is 2.90. The number of hydrogen-bond acceptors (Lipinski definition) is 3. The molecule has 0 aliphatic rings. The molecule has 0 aliphatic carbocycles. The third-order valence-electron chi connectivity index (χ3n) is 2.14. The second kappa shape index (κ2) is 4.43. The van der Waals surface area contributed by atoms with Gasteiger partial charge >= 0.3 is 12.1 Å². The Balaban J connectivity index is 3.66. The van der Waals surface area contributed by atoms with Crippen LogP contribution in [0.2, 0.25) is 0 Å². The van der Waals surface area contributed by atoms with Crippen molar-refractivity contribution in [1.29, 1.82) is 5.26 Å². The summed E-state index contributed by atoms with van der Waals surface area (Å²) >= 11 is 0. The lowest BCUT2D eigenvalue weighted by Crippen LogP contribution is -2.15. The Hall–Kier alpha value is -2.07. The van der Waals surface area contributed by atoms with Crippen molar-refractivity contribution in [3.63, 3.8) is 0 Å². The molecule has 0 aromatic heterocycles. The van der Waals surface area contributed by atoms with E-state index in [1.807, 2.05) is 0 Å². The van der Waals surface area contributed by atoms with Crippen LogP contribution >= 0.6 is 0 Å². The van der Waals surface area contributed by atoms with E-state index in [-0.39, 0.29) is 12.1 Å². The summed E-state index contributed by atoms with van der Waals surface area (Å²) < 4.78 is 37.6. The number of nitrogens with zero attached hydrogens (tertiary/aromatic N) is 1. The first-order valence-corrected chi connectivity index (χ1v) is 4.39. The van der Waals surface area contributed by atoms with E-state index in [0.29, 0.717) is 6.07 Å². The first-order chi connectivity index (χ1) is 7.82. The normalized spacial score (nSPS) is 11.0. The molecular weight excluding hydrogens is 237 g/mol. The zero-order valence-corrected chi connectivity index (χ0v) is 8.38. The predicted octanol–water partition coefficient (Wildman–Crippen LogP) is 1.73. The van der Waals surface area contributed by atoms with Crippen molar-refractivity contribution < 1.29 is 23.1 Å². The van der Waals surface area contributed by atoms with Gasteiger partial charge in [-0.25, -0.2) is 4.79 Å². The van der Waals surface area contributed by atoms with Crippen molar-refractivity contribution in [1.82, 2.24) is 0 Å². The van der Waals surface area contributed by atoms with Crippen molar-refractivity contribution in [3.8, 4) is 6.07 Å². The molecular formula is C10H7F3N2O2. The van der Waals surface area contributed by atoms with Gasteiger partial charge in [-0.1, -0.05) is 6.07 Å². The molecule has 0 spiro atoms. The first kappa shape index (κ1) is 13.0. The summed E-state index contributed by atoms with van der Waals surface area (Å²) in [5, 5.41) is 17.5. The number of carbonyl (C=O) groups is 1. The van der Waals surface area contributed by atoms with E-state index >= 15 is 0 Å². The highest BCUT2D eigenvalue weighted by Gasteiger charge is 2.36. The molecule has 90 valence electrons. The minimum atomic E-state index is -4.78. The van der Waals surface area contributed by atoms with E-state index < -0.39 is 28.8 Å². The number of nitrogens with two attached hydrogens (primary N) is 1. The van der Waals surface area contributed by atoms with E-state index in [1.165, 1.54) is 6.07 Å². The van der Waals surface area contributed by atoms with Gasteiger partial charge in [-0.3, -0.25) is 0 Å². The lowest BCUT2D eigenvalue weighted by molar-refractivity contribution is -0.137. The van der Waals surface area contributed by atoms with Gasteiger partial charge in [0.2, 0.25) is 0 Å². The van der Waals surface area contributed by atoms with Gasteiger partial charge in [0.15, 0.2) is 0 Å². The fourth-order valence-corrected chi connectivity index (χ4v) is 1.41. The van der Waals surface area contributed by atoms with Crippen molar-refractivity contribution >= 4 is 5.97 Å². The topological polar surface area (TPSA) is 87.1 Å². The lowest BCUT2D eigenvalue weighted by atomic mass is 9.96. The second-order valence-corrected chi connectivity index (χ2v) is 3.14. The molecule has 0 fully saturated rings. The summed E-state index contributed by atoms with van der Waals surface area (Å²) in [6.45, 7) is -0.256. The number of rotatable bonds is 2. The van der Waals surface area contributed by atoms with Crippen LogP contribution in [-0.2, 0) is 12.7 Å². The van der Waals surface area contributed by atoms with Crippen molar-refractivity contribution in [2.45, 2.75) is 12.7 Å². The maximum Gasteiger partial charge on any atom is 0.417 e. The summed E-state index contributed by atoms with van der Waals surface area (Å²) in [5.74, 6) is -1.60. The molecule has 0 heterocycles. The molecule has 1 aromatic carbocycles. The van der Waals surface area contributed by atoms with E-state index in [2.05, 4.69) is 0 Å². The first-order valence-electron chi connectivity index (χ1n) is 4.39. The largest absolute Gasteiger partial charge is 0.478 e. The number of nitriles is 1. The molecule has 3 N–H and O–H groups in total. The Labute approximate surface area is 94.1 Å². The van der Waals surface area contributed by atoms with Gasteiger partial charge in [0, 0.05) is 6.54 Å². The quantitative estimate of drug-likeness (QED) is 0.829. The SMILES string of the molecule is N#Cc1c(C(F)(F)F)ccc(CN)c1C(=O)O. The van der Waals surface area contributed by atoms with Crippen molar-refractivity contribution in [2.75, 3.05) is 0 Å². The fourth-order valence-electron chi connectivity index (χ4n) is 1.41. The Morgan fingerprint density at radius 1 is 1.47 bits per heavy atom. The highest BCUT2D eigenvalue weighted by molar-refractivity contribution is 5.93. The standard InChI is InChI=1S/C10H7F3N2O2/c11-10(12,13)7-2-1-5(3-14)8(9(16)17)6(7)4-15/h1-2H,3,14H2,(H,16,17). The van der Waals surface area contributed by atoms with Crippen LogP contribution in [0.1, 0.15) is 27.0 Å².